The summed E-state index contributed by atoms with van der Waals surface area (Å²) >= 11 is 0. The number of carbonyl (C=O) groups excluding carboxylic acids is 1. The molecule has 1 saturated heterocycles. The minimum Gasteiger partial charge on any atom is -0.331 e. The van der Waals surface area contributed by atoms with Crippen molar-refractivity contribution < 1.29 is 4.79 Å². The predicted molar refractivity (Wildman–Crippen MR) is 99.9 cm³/mol. The Morgan fingerprint density at radius 2 is 1.88 bits per heavy atom. The number of amides is 2. The number of fused-ring (bicyclic) bond motifs is 1. The van der Waals surface area contributed by atoms with E-state index < -0.39 is 0 Å². The maximum Gasteiger partial charge on any atom is 0.319 e. The molecule has 0 bridgehead atoms. The second kappa shape index (κ2) is 7.27. The van der Waals surface area contributed by atoms with Gasteiger partial charge in [-0.15, -0.1) is 0 Å². The molecule has 3 rings (SSSR count). The Labute approximate surface area is 148 Å². The molecule has 1 N–H and O–H groups in total. The first-order valence-electron chi connectivity index (χ1n) is 8.81. The van der Waals surface area contributed by atoms with Gasteiger partial charge in [0.15, 0.2) is 0 Å². The number of rotatable bonds is 3. The Balaban J connectivity index is 1.72. The molecule has 0 spiro atoms. The molecule has 1 aromatic heterocycles. The molecule has 0 saturated carbocycles. The standard InChI is InChI=1S/C19H26N4O2/c1-4-14-5-6-17-15(11-14)12-16(18(24)20-17)13-22-7-9-23(10-8-22)19(25)21(2)3/h5-6,11-12H,4,7-10,13H2,1-3H3,(H,20,24). The summed E-state index contributed by atoms with van der Waals surface area (Å²) in [6.45, 7) is 5.71. The fraction of sp³-hybridized carbons (Fsp3) is 0.474. The van der Waals surface area contributed by atoms with E-state index in [2.05, 4.69) is 28.9 Å². The highest BCUT2D eigenvalue weighted by Gasteiger charge is 2.22. The lowest BCUT2D eigenvalue weighted by atomic mass is 10.1. The molecule has 1 aliphatic rings. The summed E-state index contributed by atoms with van der Waals surface area (Å²) in [7, 11) is 3.54. The van der Waals surface area contributed by atoms with Gasteiger partial charge in [-0.2, -0.15) is 0 Å². The van der Waals surface area contributed by atoms with E-state index in [9.17, 15) is 9.59 Å². The number of aromatic nitrogens is 1. The number of H-pyrrole nitrogens is 1. The number of benzene rings is 1. The number of hydrogen-bond acceptors (Lipinski definition) is 3. The molecule has 6 heteroatoms. The number of carbonyl (C=O) groups is 1. The van der Waals surface area contributed by atoms with Crippen LogP contribution >= 0.6 is 0 Å². The van der Waals surface area contributed by atoms with Gasteiger partial charge in [-0.3, -0.25) is 9.69 Å². The fourth-order valence-electron chi connectivity index (χ4n) is 3.26. The van der Waals surface area contributed by atoms with E-state index in [-0.39, 0.29) is 11.6 Å². The van der Waals surface area contributed by atoms with Gasteiger partial charge in [-0.25, -0.2) is 4.79 Å². The Hall–Kier alpha value is -2.34. The van der Waals surface area contributed by atoms with Crippen LogP contribution in [-0.4, -0.2) is 66.0 Å². The van der Waals surface area contributed by atoms with Crippen molar-refractivity contribution >= 4 is 16.9 Å². The number of urea groups is 1. The lowest BCUT2D eigenvalue weighted by Crippen LogP contribution is -2.51. The van der Waals surface area contributed by atoms with Crippen LogP contribution in [0.5, 0.6) is 0 Å². The molecule has 0 radical (unpaired) electrons. The normalized spacial score (nSPS) is 15.6. The zero-order chi connectivity index (χ0) is 18.0. The van der Waals surface area contributed by atoms with Gasteiger partial charge in [0, 0.05) is 57.9 Å². The number of piperazine rings is 1. The van der Waals surface area contributed by atoms with Crippen molar-refractivity contribution in [3.63, 3.8) is 0 Å². The molecular formula is C19H26N4O2. The average molecular weight is 342 g/mol. The van der Waals surface area contributed by atoms with E-state index in [1.807, 2.05) is 17.0 Å². The van der Waals surface area contributed by atoms with Gasteiger partial charge in [-0.05, 0) is 35.6 Å². The highest BCUT2D eigenvalue weighted by atomic mass is 16.2. The Kier molecular flexibility index (Phi) is 5.08. The van der Waals surface area contributed by atoms with E-state index >= 15 is 0 Å². The summed E-state index contributed by atoms with van der Waals surface area (Å²) in [5.41, 5.74) is 2.91. The molecular weight excluding hydrogens is 316 g/mol. The Morgan fingerprint density at radius 1 is 1.16 bits per heavy atom. The number of aryl methyl sites for hydroxylation is 1. The molecule has 1 aromatic carbocycles. The molecule has 25 heavy (non-hydrogen) atoms. The van der Waals surface area contributed by atoms with E-state index in [0.29, 0.717) is 19.6 Å². The van der Waals surface area contributed by atoms with E-state index in [0.717, 1.165) is 36.0 Å². The minimum atomic E-state index is -0.0245. The number of pyridine rings is 1. The van der Waals surface area contributed by atoms with Crippen LogP contribution in [0.15, 0.2) is 29.1 Å². The number of nitrogens with one attached hydrogen (secondary N) is 1. The van der Waals surface area contributed by atoms with Crippen LogP contribution in [-0.2, 0) is 13.0 Å². The number of hydrogen-bond donors (Lipinski definition) is 1. The lowest BCUT2D eigenvalue weighted by Gasteiger charge is -2.35. The predicted octanol–water partition coefficient (Wildman–Crippen LogP) is 1.89. The van der Waals surface area contributed by atoms with Gasteiger partial charge < -0.3 is 14.8 Å². The first-order valence-corrected chi connectivity index (χ1v) is 8.81. The topological polar surface area (TPSA) is 59.7 Å². The summed E-state index contributed by atoms with van der Waals surface area (Å²) in [4.78, 5) is 33.1. The second-order valence-electron chi connectivity index (χ2n) is 6.84. The van der Waals surface area contributed by atoms with E-state index in [1.165, 1.54) is 5.56 Å². The summed E-state index contributed by atoms with van der Waals surface area (Å²) in [6.07, 6.45) is 0.978. The SMILES string of the molecule is CCc1ccc2[nH]c(=O)c(CN3CCN(C(=O)N(C)C)CC3)cc2c1. The highest BCUT2D eigenvalue weighted by molar-refractivity contribution is 5.79. The quantitative estimate of drug-likeness (QED) is 0.927. The molecule has 0 aliphatic carbocycles. The van der Waals surface area contributed by atoms with Gasteiger partial charge in [0.2, 0.25) is 0 Å². The molecule has 2 heterocycles. The van der Waals surface area contributed by atoms with Crippen LogP contribution in [0.2, 0.25) is 0 Å². The largest absolute Gasteiger partial charge is 0.331 e. The molecule has 6 nitrogen and oxygen atoms in total. The summed E-state index contributed by atoms with van der Waals surface area (Å²) in [6, 6.07) is 8.23. The third kappa shape index (κ3) is 3.85. The van der Waals surface area contributed by atoms with E-state index in [1.54, 1.807) is 19.0 Å². The minimum absolute atomic E-state index is 0.0245. The molecule has 1 aliphatic heterocycles. The van der Waals surface area contributed by atoms with Crippen molar-refractivity contribution in [1.29, 1.82) is 0 Å². The van der Waals surface area contributed by atoms with E-state index in [4.69, 9.17) is 0 Å². The van der Waals surface area contributed by atoms with Crippen molar-refractivity contribution in [2.24, 2.45) is 0 Å². The number of nitrogens with zero attached hydrogens (tertiary/aromatic N) is 3. The Bertz CT molecular complexity index is 820. The molecule has 134 valence electrons. The number of aromatic amines is 1. The van der Waals surface area contributed by atoms with Crippen LogP contribution in [0, 0.1) is 0 Å². The van der Waals surface area contributed by atoms with Gasteiger partial charge in [0.1, 0.15) is 0 Å². The molecule has 2 aromatic rings. The van der Waals surface area contributed by atoms with Gasteiger partial charge in [0.25, 0.3) is 5.56 Å². The zero-order valence-electron chi connectivity index (χ0n) is 15.2. The van der Waals surface area contributed by atoms with Crippen LogP contribution in [0.25, 0.3) is 10.9 Å². The van der Waals surface area contributed by atoms with Gasteiger partial charge in [0.05, 0.1) is 0 Å². The van der Waals surface area contributed by atoms with Crippen LogP contribution < -0.4 is 5.56 Å². The smallest absolute Gasteiger partial charge is 0.319 e. The monoisotopic (exact) mass is 342 g/mol. The first kappa shape index (κ1) is 17.5. The van der Waals surface area contributed by atoms with Crippen LogP contribution in [0.1, 0.15) is 18.1 Å². The van der Waals surface area contributed by atoms with Crippen LogP contribution in [0.4, 0.5) is 4.79 Å². The second-order valence-corrected chi connectivity index (χ2v) is 6.84. The lowest BCUT2D eigenvalue weighted by molar-refractivity contribution is 0.120. The Morgan fingerprint density at radius 3 is 2.52 bits per heavy atom. The maximum absolute atomic E-state index is 12.4. The van der Waals surface area contributed by atoms with Crippen molar-refractivity contribution in [2.75, 3.05) is 40.3 Å². The first-order chi connectivity index (χ1) is 12.0. The highest BCUT2D eigenvalue weighted by Crippen LogP contribution is 2.16. The van der Waals surface area contributed by atoms with Crippen molar-refractivity contribution in [1.82, 2.24) is 19.7 Å². The summed E-state index contributed by atoms with van der Waals surface area (Å²) in [5.74, 6) is 0. The summed E-state index contributed by atoms with van der Waals surface area (Å²) < 4.78 is 0. The van der Waals surface area contributed by atoms with Gasteiger partial charge >= 0.3 is 6.03 Å². The third-order valence-electron chi connectivity index (χ3n) is 4.81. The molecule has 0 unspecified atom stereocenters. The molecule has 1 fully saturated rings. The summed E-state index contributed by atoms with van der Waals surface area (Å²) in [5, 5.41) is 1.08. The van der Waals surface area contributed by atoms with Crippen molar-refractivity contribution in [3.8, 4) is 0 Å². The van der Waals surface area contributed by atoms with Crippen LogP contribution in [0.3, 0.4) is 0 Å². The van der Waals surface area contributed by atoms with Crippen molar-refractivity contribution in [3.05, 3.63) is 45.7 Å². The third-order valence-corrected chi connectivity index (χ3v) is 4.81. The fourth-order valence-corrected chi connectivity index (χ4v) is 3.26. The molecule has 0 atom stereocenters. The van der Waals surface area contributed by atoms with Gasteiger partial charge in [-0.1, -0.05) is 13.0 Å². The average Bonchev–Trinajstić information content (AvgIpc) is 2.62. The molecule has 2 amide bonds. The zero-order valence-corrected chi connectivity index (χ0v) is 15.2. The maximum atomic E-state index is 12.4. The van der Waals surface area contributed by atoms with Crippen molar-refractivity contribution in [2.45, 2.75) is 19.9 Å².